The van der Waals surface area contributed by atoms with Gasteiger partial charge in [-0.05, 0) is 59.6 Å². The summed E-state index contributed by atoms with van der Waals surface area (Å²) < 4.78 is 0.753. The van der Waals surface area contributed by atoms with Crippen LogP contribution >= 0.6 is 15.9 Å². The number of hydrogen-bond donors (Lipinski definition) is 1. The zero-order valence-electron chi connectivity index (χ0n) is 11.6. The van der Waals surface area contributed by atoms with Crippen LogP contribution in [0.3, 0.4) is 0 Å². The Bertz CT molecular complexity index is 640. The number of benzene rings is 2. The van der Waals surface area contributed by atoms with Gasteiger partial charge < -0.3 is 10.6 Å². The predicted octanol–water partition coefficient (Wildman–Crippen LogP) is 4.01. The number of hydrogen-bond acceptors (Lipinski definition) is 2. The van der Waals surface area contributed by atoms with Crippen molar-refractivity contribution in [1.82, 2.24) is 0 Å². The van der Waals surface area contributed by atoms with Crippen LogP contribution in [-0.4, -0.2) is 12.5 Å². The molecule has 0 bridgehead atoms. The van der Waals surface area contributed by atoms with Crippen molar-refractivity contribution in [1.29, 1.82) is 0 Å². The molecule has 0 unspecified atom stereocenters. The van der Waals surface area contributed by atoms with E-state index in [9.17, 15) is 4.79 Å². The van der Waals surface area contributed by atoms with Crippen LogP contribution in [0.4, 0.5) is 11.4 Å². The van der Waals surface area contributed by atoms with E-state index in [1.54, 1.807) is 23.1 Å². The highest BCUT2D eigenvalue weighted by Gasteiger charge is 2.19. The monoisotopic (exact) mass is 332 g/mol. The maximum atomic E-state index is 12.7. The number of aryl methyl sites for hydroxylation is 1. The summed E-state index contributed by atoms with van der Waals surface area (Å²) in [5, 5.41) is 0. The van der Waals surface area contributed by atoms with E-state index in [4.69, 9.17) is 5.73 Å². The molecule has 20 heavy (non-hydrogen) atoms. The first-order chi connectivity index (χ1) is 9.54. The lowest BCUT2D eigenvalue weighted by Gasteiger charge is -2.23. The van der Waals surface area contributed by atoms with Crippen molar-refractivity contribution in [3.05, 3.63) is 58.1 Å². The van der Waals surface area contributed by atoms with Crippen LogP contribution < -0.4 is 10.6 Å². The molecule has 3 nitrogen and oxygen atoms in total. The first kappa shape index (κ1) is 14.6. The smallest absolute Gasteiger partial charge is 0.259 e. The maximum Gasteiger partial charge on any atom is 0.259 e. The Morgan fingerprint density at radius 3 is 2.60 bits per heavy atom. The molecule has 0 saturated carbocycles. The van der Waals surface area contributed by atoms with Gasteiger partial charge in [-0.2, -0.15) is 0 Å². The average molecular weight is 333 g/mol. The SMILES string of the molecule is CCN(C(=O)c1cc(N)ccc1Br)c1ccccc1C. The Morgan fingerprint density at radius 2 is 1.95 bits per heavy atom. The van der Waals surface area contributed by atoms with Crippen LogP contribution in [0.15, 0.2) is 46.9 Å². The molecule has 0 saturated heterocycles. The number of nitrogens with two attached hydrogens (primary N) is 1. The fourth-order valence-corrected chi connectivity index (χ4v) is 2.56. The van der Waals surface area contributed by atoms with Crippen molar-refractivity contribution in [2.24, 2.45) is 0 Å². The van der Waals surface area contributed by atoms with E-state index in [0.29, 0.717) is 17.8 Å². The number of anilines is 2. The number of para-hydroxylation sites is 1. The Balaban J connectivity index is 2.45. The number of carbonyl (C=O) groups excluding carboxylic acids is 1. The van der Waals surface area contributed by atoms with Gasteiger partial charge in [-0.1, -0.05) is 18.2 Å². The van der Waals surface area contributed by atoms with Gasteiger partial charge in [0, 0.05) is 22.4 Å². The van der Waals surface area contributed by atoms with Gasteiger partial charge in [-0.15, -0.1) is 0 Å². The Hall–Kier alpha value is -1.81. The molecule has 104 valence electrons. The van der Waals surface area contributed by atoms with E-state index in [0.717, 1.165) is 15.7 Å². The summed E-state index contributed by atoms with van der Waals surface area (Å²) in [6.07, 6.45) is 0. The van der Waals surface area contributed by atoms with Gasteiger partial charge in [0.15, 0.2) is 0 Å². The minimum absolute atomic E-state index is 0.0547. The summed E-state index contributed by atoms with van der Waals surface area (Å²) in [7, 11) is 0. The molecule has 0 spiro atoms. The van der Waals surface area contributed by atoms with Crippen LogP contribution in [0, 0.1) is 6.92 Å². The summed E-state index contributed by atoms with van der Waals surface area (Å²) in [5.41, 5.74) is 8.94. The molecular formula is C16H17BrN2O. The van der Waals surface area contributed by atoms with E-state index in [-0.39, 0.29) is 5.91 Å². The molecule has 2 N–H and O–H groups in total. The Kier molecular flexibility index (Phi) is 4.45. The van der Waals surface area contributed by atoms with Crippen molar-refractivity contribution in [2.75, 3.05) is 17.2 Å². The normalized spacial score (nSPS) is 10.3. The van der Waals surface area contributed by atoms with Crippen molar-refractivity contribution >= 4 is 33.2 Å². The number of rotatable bonds is 3. The third kappa shape index (κ3) is 2.85. The van der Waals surface area contributed by atoms with Gasteiger partial charge >= 0.3 is 0 Å². The third-order valence-electron chi connectivity index (χ3n) is 3.19. The molecule has 0 atom stereocenters. The summed E-state index contributed by atoms with van der Waals surface area (Å²) in [4.78, 5) is 14.5. The molecule has 0 aliphatic rings. The van der Waals surface area contributed by atoms with E-state index >= 15 is 0 Å². The quantitative estimate of drug-likeness (QED) is 0.863. The molecule has 0 aliphatic heterocycles. The lowest BCUT2D eigenvalue weighted by Crippen LogP contribution is -2.31. The van der Waals surface area contributed by atoms with E-state index in [1.807, 2.05) is 38.1 Å². The molecule has 2 aromatic carbocycles. The van der Waals surface area contributed by atoms with Crippen molar-refractivity contribution < 1.29 is 4.79 Å². The van der Waals surface area contributed by atoms with Gasteiger partial charge in [-0.25, -0.2) is 0 Å². The van der Waals surface area contributed by atoms with Crippen LogP contribution in [0.2, 0.25) is 0 Å². The van der Waals surface area contributed by atoms with Crippen LogP contribution in [0.1, 0.15) is 22.8 Å². The number of carbonyl (C=O) groups is 1. The number of nitrogens with zero attached hydrogens (tertiary/aromatic N) is 1. The zero-order valence-corrected chi connectivity index (χ0v) is 13.1. The van der Waals surface area contributed by atoms with Crippen LogP contribution in [-0.2, 0) is 0 Å². The Labute approximate surface area is 127 Å². The van der Waals surface area contributed by atoms with E-state index in [1.165, 1.54) is 0 Å². The highest BCUT2D eigenvalue weighted by molar-refractivity contribution is 9.10. The fourth-order valence-electron chi connectivity index (χ4n) is 2.14. The molecule has 0 fully saturated rings. The summed E-state index contributed by atoms with van der Waals surface area (Å²) in [5.74, 6) is -0.0547. The van der Waals surface area contributed by atoms with Crippen molar-refractivity contribution in [2.45, 2.75) is 13.8 Å². The first-order valence-electron chi connectivity index (χ1n) is 6.47. The Morgan fingerprint density at radius 1 is 1.25 bits per heavy atom. The largest absolute Gasteiger partial charge is 0.399 e. The summed E-state index contributed by atoms with van der Waals surface area (Å²) >= 11 is 3.42. The van der Waals surface area contributed by atoms with Gasteiger partial charge in [-0.3, -0.25) is 4.79 Å². The fraction of sp³-hybridized carbons (Fsp3) is 0.188. The maximum absolute atomic E-state index is 12.7. The highest BCUT2D eigenvalue weighted by Crippen LogP contribution is 2.26. The molecule has 0 aliphatic carbocycles. The van der Waals surface area contributed by atoms with Crippen LogP contribution in [0.5, 0.6) is 0 Å². The second-order valence-corrected chi connectivity index (χ2v) is 5.43. The van der Waals surface area contributed by atoms with Crippen molar-refractivity contribution in [3.8, 4) is 0 Å². The zero-order chi connectivity index (χ0) is 14.7. The van der Waals surface area contributed by atoms with Gasteiger partial charge in [0.1, 0.15) is 0 Å². The summed E-state index contributed by atoms with van der Waals surface area (Å²) in [6, 6.07) is 13.1. The minimum atomic E-state index is -0.0547. The number of amides is 1. The molecule has 0 heterocycles. The van der Waals surface area contributed by atoms with Crippen LogP contribution in [0.25, 0.3) is 0 Å². The molecule has 0 aromatic heterocycles. The lowest BCUT2D eigenvalue weighted by atomic mass is 10.1. The molecule has 4 heteroatoms. The van der Waals surface area contributed by atoms with Crippen molar-refractivity contribution in [3.63, 3.8) is 0 Å². The van der Waals surface area contributed by atoms with Gasteiger partial charge in [0.2, 0.25) is 0 Å². The molecule has 2 rings (SSSR count). The third-order valence-corrected chi connectivity index (χ3v) is 3.88. The molecule has 0 radical (unpaired) electrons. The topological polar surface area (TPSA) is 46.3 Å². The number of halogens is 1. The predicted molar refractivity (Wildman–Crippen MR) is 87.1 cm³/mol. The van der Waals surface area contributed by atoms with Gasteiger partial charge in [0.25, 0.3) is 5.91 Å². The molecular weight excluding hydrogens is 316 g/mol. The second-order valence-electron chi connectivity index (χ2n) is 4.58. The second kappa shape index (κ2) is 6.09. The first-order valence-corrected chi connectivity index (χ1v) is 7.26. The average Bonchev–Trinajstić information content (AvgIpc) is 2.44. The summed E-state index contributed by atoms with van der Waals surface area (Å²) in [6.45, 7) is 4.56. The van der Waals surface area contributed by atoms with Gasteiger partial charge in [0.05, 0.1) is 5.56 Å². The highest BCUT2D eigenvalue weighted by atomic mass is 79.9. The molecule has 2 aromatic rings. The standard InChI is InChI=1S/C16H17BrN2O/c1-3-19(15-7-5-4-6-11(15)2)16(20)13-10-12(18)8-9-14(13)17/h4-10H,3,18H2,1-2H3. The number of nitrogen functional groups attached to an aromatic ring is 1. The lowest BCUT2D eigenvalue weighted by molar-refractivity contribution is 0.0987. The molecule has 1 amide bonds. The van der Waals surface area contributed by atoms with E-state index in [2.05, 4.69) is 15.9 Å². The minimum Gasteiger partial charge on any atom is -0.399 e. The van der Waals surface area contributed by atoms with E-state index < -0.39 is 0 Å².